The predicted molar refractivity (Wildman–Crippen MR) is 83.5 cm³/mol. The summed E-state index contributed by atoms with van der Waals surface area (Å²) in [5.74, 6) is 1.33. The Morgan fingerprint density at radius 3 is 2.48 bits per heavy atom. The highest BCUT2D eigenvalue weighted by Gasteiger charge is 2.19. The number of hydrogen-bond acceptors (Lipinski definition) is 5. The monoisotopic (exact) mass is 312 g/mol. The molecule has 1 aliphatic carbocycles. The van der Waals surface area contributed by atoms with Crippen molar-refractivity contribution in [2.75, 3.05) is 26.0 Å². The number of sulfonamides is 1. The lowest BCUT2D eigenvalue weighted by Crippen LogP contribution is -2.29. The summed E-state index contributed by atoms with van der Waals surface area (Å²) in [5, 5.41) is 3.28. The van der Waals surface area contributed by atoms with E-state index in [1.165, 1.54) is 24.6 Å². The van der Waals surface area contributed by atoms with E-state index in [-0.39, 0.29) is 4.90 Å². The largest absolute Gasteiger partial charge is 0.370 e. The molecule has 1 aliphatic rings. The molecule has 118 valence electrons. The van der Waals surface area contributed by atoms with Crippen LogP contribution in [0.3, 0.4) is 0 Å². The van der Waals surface area contributed by atoms with Crippen molar-refractivity contribution in [3.63, 3.8) is 0 Å². The molecule has 0 saturated heterocycles. The van der Waals surface area contributed by atoms with Crippen LogP contribution >= 0.6 is 0 Å². The molecular weight excluding hydrogens is 288 g/mol. The number of rotatable bonds is 5. The maximum absolute atomic E-state index is 11.9. The summed E-state index contributed by atoms with van der Waals surface area (Å²) < 4.78 is 25.0. The minimum atomic E-state index is -3.41. The van der Waals surface area contributed by atoms with E-state index in [1.54, 1.807) is 12.1 Å². The molecule has 7 heteroatoms. The van der Waals surface area contributed by atoms with Crippen LogP contribution in [0.2, 0.25) is 0 Å². The van der Waals surface area contributed by atoms with Gasteiger partial charge in [0.05, 0.1) is 0 Å². The first-order chi connectivity index (χ1) is 9.89. The van der Waals surface area contributed by atoms with Crippen LogP contribution < -0.4 is 11.1 Å². The van der Waals surface area contributed by atoms with E-state index in [9.17, 15) is 8.42 Å². The molecule has 1 heterocycles. The van der Waals surface area contributed by atoms with Crippen molar-refractivity contribution in [1.29, 1.82) is 0 Å². The minimum Gasteiger partial charge on any atom is -0.370 e. The molecule has 1 saturated carbocycles. The molecule has 1 fully saturated rings. The van der Waals surface area contributed by atoms with Crippen LogP contribution in [0.5, 0.6) is 0 Å². The fraction of sp³-hybridized carbons (Fsp3) is 0.643. The molecule has 0 atom stereocenters. The number of nitrogens with two attached hydrogens (primary N) is 1. The Hall–Kier alpha value is -1.18. The van der Waals surface area contributed by atoms with Gasteiger partial charge in [-0.05, 0) is 43.7 Å². The molecule has 0 bridgehead atoms. The summed E-state index contributed by atoms with van der Waals surface area (Å²) in [7, 11) is -0.388. The van der Waals surface area contributed by atoms with Gasteiger partial charge in [0.2, 0.25) is 10.0 Å². The summed E-state index contributed by atoms with van der Waals surface area (Å²) in [6.45, 7) is 0.861. The molecule has 3 N–H and O–H groups in total. The van der Waals surface area contributed by atoms with E-state index < -0.39 is 10.0 Å². The third-order valence-corrected chi connectivity index (χ3v) is 5.78. The second-order valence-corrected chi connectivity index (χ2v) is 7.98. The molecule has 21 heavy (non-hydrogen) atoms. The SMILES string of the molecule is CN(C)S(=O)(=O)c1ccc(NCC2CCC(N)CC2)nc1. The first-order valence-corrected chi connectivity index (χ1v) is 8.71. The Morgan fingerprint density at radius 1 is 1.29 bits per heavy atom. The van der Waals surface area contributed by atoms with Gasteiger partial charge in [0.15, 0.2) is 0 Å². The van der Waals surface area contributed by atoms with Gasteiger partial charge >= 0.3 is 0 Å². The molecule has 6 nitrogen and oxygen atoms in total. The Morgan fingerprint density at radius 2 is 1.95 bits per heavy atom. The van der Waals surface area contributed by atoms with Gasteiger partial charge in [-0.15, -0.1) is 0 Å². The van der Waals surface area contributed by atoms with Crippen LogP contribution in [0.25, 0.3) is 0 Å². The molecule has 2 rings (SSSR count). The zero-order chi connectivity index (χ0) is 15.5. The molecule has 0 amide bonds. The second-order valence-electron chi connectivity index (χ2n) is 5.83. The number of aromatic nitrogens is 1. The van der Waals surface area contributed by atoms with Crippen molar-refractivity contribution in [3.05, 3.63) is 18.3 Å². The van der Waals surface area contributed by atoms with Gasteiger partial charge in [-0.1, -0.05) is 0 Å². The molecule has 0 aliphatic heterocycles. The zero-order valence-corrected chi connectivity index (χ0v) is 13.4. The maximum atomic E-state index is 11.9. The van der Waals surface area contributed by atoms with Crippen molar-refractivity contribution in [3.8, 4) is 0 Å². The fourth-order valence-corrected chi connectivity index (χ4v) is 3.34. The first kappa shape index (κ1) is 16.2. The number of hydrogen-bond donors (Lipinski definition) is 2. The van der Waals surface area contributed by atoms with Crippen molar-refractivity contribution < 1.29 is 8.42 Å². The van der Waals surface area contributed by atoms with Crippen LogP contribution in [0.1, 0.15) is 25.7 Å². The van der Waals surface area contributed by atoms with Gasteiger partial charge in [-0.2, -0.15) is 0 Å². The standard InChI is InChI=1S/C14H24N4O2S/c1-18(2)21(19,20)13-7-8-14(17-10-13)16-9-11-3-5-12(15)6-4-11/h7-8,10-12H,3-6,9,15H2,1-2H3,(H,16,17). The van der Waals surface area contributed by atoms with Gasteiger partial charge in [0.25, 0.3) is 0 Å². The van der Waals surface area contributed by atoms with Crippen LogP contribution in [0.15, 0.2) is 23.2 Å². The number of nitrogens with zero attached hydrogens (tertiary/aromatic N) is 2. The number of nitrogens with one attached hydrogen (secondary N) is 1. The second kappa shape index (κ2) is 6.72. The normalized spacial score (nSPS) is 23.2. The van der Waals surface area contributed by atoms with Crippen LogP contribution in [-0.2, 0) is 10.0 Å². The van der Waals surface area contributed by atoms with E-state index >= 15 is 0 Å². The van der Waals surface area contributed by atoms with Crippen molar-refractivity contribution in [2.45, 2.75) is 36.6 Å². The Balaban J connectivity index is 1.91. The number of anilines is 1. The first-order valence-electron chi connectivity index (χ1n) is 7.27. The fourth-order valence-electron chi connectivity index (χ4n) is 2.49. The van der Waals surface area contributed by atoms with Crippen LogP contribution in [0, 0.1) is 5.92 Å². The van der Waals surface area contributed by atoms with Crippen molar-refractivity contribution in [2.24, 2.45) is 11.7 Å². The van der Waals surface area contributed by atoms with Gasteiger partial charge < -0.3 is 11.1 Å². The third-order valence-electron chi connectivity index (χ3n) is 3.98. The molecule has 0 aromatic carbocycles. The van der Waals surface area contributed by atoms with E-state index in [1.807, 2.05) is 0 Å². The van der Waals surface area contributed by atoms with Crippen LogP contribution in [0.4, 0.5) is 5.82 Å². The van der Waals surface area contributed by atoms with E-state index in [0.29, 0.717) is 17.8 Å². The zero-order valence-electron chi connectivity index (χ0n) is 12.6. The minimum absolute atomic E-state index is 0.210. The van der Waals surface area contributed by atoms with E-state index in [2.05, 4.69) is 10.3 Å². The topological polar surface area (TPSA) is 88.3 Å². The Labute approximate surface area is 126 Å². The van der Waals surface area contributed by atoms with E-state index in [0.717, 1.165) is 32.2 Å². The lowest BCUT2D eigenvalue weighted by atomic mass is 9.86. The van der Waals surface area contributed by atoms with Crippen LogP contribution in [-0.4, -0.2) is 44.4 Å². The van der Waals surface area contributed by atoms with E-state index in [4.69, 9.17) is 5.73 Å². The smallest absolute Gasteiger partial charge is 0.244 e. The average Bonchev–Trinajstić information content (AvgIpc) is 2.47. The van der Waals surface area contributed by atoms with Gasteiger partial charge in [-0.25, -0.2) is 17.7 Å². The molecule has 0 spiro atoms. The highest BCUT2D eigenvalue weighted by molar-refractivity contribution is 7.89. The van der Waals surface area contributed by atoms with Gasteiger partial charge in [0.1, 0.15) is 10.7 Å². The molecule has 1 aromatic heterocycles. The van der Waals surface area contributed by atoms with Gasteiger partial charge in [-0.3, -0.25) is 0 Å². The van der Waals surface area contributed by atoms with Gasteiger partial charge in [0, 0.05) is 32.9 Å². The molecular formula is C14H24N4O2S. The number of pyridine rings is 1. The molecule has 1 aromatic rings. The highest BCUT2D eigenvalue weighted by atomic mass is 32.2. The average molecular weight is 312 g/mol. The summed E-state index contributed by atoms with van der Waals surface area (Å²) >= 11 is 0. The lowest BCUT2D eigenvalue weighted by Gasteiger charge is -2.26. The third kappa shape index (κ3) is 4.15. The Kier molecular flexibility index (Phi) is 5.18. The highest BCUT2D eigenvalue weighted by Crippen LogP contribution is 2.23. The maximum Gasteiger partial charge on any atom is 0.244 e. The summed E-state index contributed by atoms with van der Waals surface area (Å²) in [4.78, 5) is 4.39. The van der Waals surface area contributed by atoms with Crippen molar-refractivity contribution >= 4 is 15.8 Å². The lowest BCUT2D eigenvalue weighted by molar-refractivity contribution is 0.338. The predicted octanol–water partition coefficient (Wildman–Crippen LogP) is 1.26. The molecule has 0 radical (unpaired) electrons. The Bertz CT molecular complexity index is 549. The summed E-state index contributed by atoms with van der Waals surface area (Å²) in [6, 6.07) is 3.65. The van der Waals surface area contributed by atoms with Crippen molar-refractivity contribution in [1.82, 2.24) is 9.29 Å². The molecule has 0 unspecified atom stereocenters. The summed E-state index contributed by atoms with van der Waals surface area (Å²) in [5.41, 5.74) is 5.89. The quantitative estimate of drug-likeness (QED) is 0.854. The summed E-state index contributed by atoms with van der Waals surface area (Å²) in [6.07, 6.45) is 5.84.